The molecule has 2 heterocycles. The van der Waals surface area contributed by atoms with Crippen molar-refractivity contribution < 1.29 is 22.4 Å². The Morgan fingerprint density at radius 1 is 1.00 bits per heavy atom. The van der Waals surface area contributed by atoms with Crippen LogP contribution in [0.15, 0.2) is 64.0 Å². The molecule has 1 aliphatic rings. The Balaban J connectivity index is 1.34. The van der Waals surface area contributed by atoms with Crippen LogP contribution in [0.5, 0.6) is 11.5 Å². The molecule has 11 heteroatoms. The highest BCUT2D eigenvalue weighted by Crippen LogP contribution is 2.42. The first-order valence-corrected chi connectivity index (χ1v) is 13.2. The molecule has 2 N–H and O–H groups in total. The van der Waals surface area contributed by atoms with E-state index in [2.05, 4.69) is 20.3 Å². The van der Waals surface area contributed by atoms with E-state index in [1.54, 1.807) is 24.3 Å². The van der Waals surface area contributed by atoms with E-state index in [9.17, 15) is 8.42 Å². The molecule has 0 aliphatic heterocycles. The van der Waals surface area contributed by atoms with Gasteiger partial charge >= 0.3 is 0 Å². The predicted octanol–water partition coefficient (Wildman–Crippen LogP) is 5.15. The van der Waals surface area contributed by atoms with Crippen molar-refractivity contribution in [2.45, 2.75) is 23.7 Å². The minimum atomic E-state index is -4.06. The van der Waals surface area contributed by atoms with E-state index >= 15 is 0 Å². The Labute approximate surface area is 213 Å². The third-order valence-corrected chi connectivity index (χ3v) is 7.88. The molecule has 1 aliphatic carbocycles. The molecular weight excluding hydrogens is 494 g/mol. The summed E-state index contributed by atoms with van der Waals surface area (Å²) in [5.41, 5.74) is 2.19. The fraction of sp³-hybridized carbons (Fsp3) is 0.231. The van der Waals surface area contributed by atoms with Gasteiger partial charge in [0.05, 0.1) is 25.3 Å². The van der Waals surface area contributed by atoms with Gasteiger partial charge in [-0.15, -0.1) is 0 Å². The summed E-state index contributed by atoms with van der Waals surface area (Å²) < 4.78 is 47.7. The van der Waals surface area contributed by atoms with Crippen molar-refractivity contribution in [2.24, 2.45) is 7.05 Å². The lowest BCUT2D eigenvalue weighted by Gasteiger charge is -2.12. The highest BCUT2D eigenvalue weighted by molar-refractivity contribution is 7.92. The molecular formula is C26H25N5O5S. The van der Waals surface area contributed by atoms with E-state index in [4.69, 9.17) is 14.0 Å². The van der Waals surface area contributed by atoms with E-state index < -0.39 is 10.0 Å². The van der Waals surface area contributed by atoms with Gasteiger partial charge in [-0.05, 0) is 41.8 Å². The first-order chi connectivity index (χ1) is 17.9. The van der Waals surface area contributed by atoms with Crippen LogP contribution < -0.4 is 19.5 Å². The molecule has 0 radical (unpaired) electrons. The number of hydrogen-bond acceptors (Lipinski definition) is 8. The average Bonchev–Trinajstić information content (AvgIpc) is 3.58. The molecule has 190 valence electrons. The maximum Gasteiger partial charge on any atom is 0.266 e. The van der Waals surface area contributed by atoms with E-state index in [1.807, 2.05) is 42.1 Å². The number of methoxy groups -OCH3 is 2. The first-order valence-electron chi connectivity index (χ1n) is 11.7. The Kier molecular flexibility index (Phi) is 5.45. The summed E-state index contributed by atoms with van der Waals surface area (Å²) in [6.45, 7) is 0. The molecule has 5 aromatic rings. The highest BCUT2D eigenvalue weighted by Gasteiger charge is 2.28. The molecule has 0 spiro atoms. The maximum absolute atomic E-state index is 13.4. The number of hydrogen-bond donors (Lipinski definition) is 2. The third kappa shape index (κ3) is 4.20. The second-order valence-electron chi connectivity index (χ2n) is 9.01. The number of rotatable bonds is 8. The fourth-order valence-corrected chi connectivity index (χ4v) is 5.70. The summed E-state index contributed by atoms with van der Waals surface area (Å²) in [6.07, 6.45) is 2.35. The molecule has 0 saturated heterocycles. The van der Waals surface area contributed by atoms with Crippen molar-refractivity contribution in [3.05, 3.63) is 60.3 Å². The molecule has 0 atom stereocenters. The van der Waals surface area contributed by atoms with Crippen LogP contribution in [0.4, 0.5) is 17.3 Å². The number of aryl methyl sites for hydroxylation is 1. The SMILES string of the molecule is COc1cc2c(NS(=O)(=O)c3cc4ccccc4cc3OC)noc2cc1Nc1cc(C2CC2)n(C)n1. The lowest BCUT2D eigenvalue weighted by molar-refractivity contribution is 0.403. The van der Waals surface area contributed by atoms with Gasteiger partial charge in [-0.2, -0.15) is 5.10 Å². The molecule has 6 rings (SSSR count). The average molecular weight is 520 g/mol. The van der Waals surface area contributed by atoms with Crippen molar-refractivity contribution in [1.82, 2.24) is 14.9 Å². The smallest absolute Gasteiger partial charge is 0.266 e. The molecule has 1 saturated carbocycles. The zero-order valence-electron chi connectivity index (χ0n) is 20.5. The highest BCUT2D eigenvalue weighted by atomic mass is 32.2. The van der Waals surface area contributed by atoms with Gasteiger partial charge in [0.25, 0.3) is 10.0 Å². The number of benzene rings is 3. The van der Waals surface area contributed by atoms with Crippen LogP contribution in [-0.4, -0.2) is 37.6 Å². The minimum Gasteiger partial charge on any atom is -0.495 e. The second-order valence-corrected chi connectivity index (χ2v) is 10.7. The fourth-order valence-electron chi connectivity index (χ4n) is 4.50. The number of aromatic nitrogens is 3. The second kappa shape index (κ2) is 8.70. The molecule has 3 aromatic carbocycles. The predicted molar refractivity (Wildman–Crippen MR) is 140 cm³/mol. The van der Waals surface area contributed by atoms with Crippen LogP contribution >= 0.6 is 0 Å². The van der Waals surface area contributed by atoms with E-state index in [0.29, 0.717) is 34.1 Å². The van der Waals surface area contributed by atoms with Gasteiger partial charge in [0.1, 0.15) is 16.4 Å². The number of nitrogens with zero attached hydrogens (tertiary/aromatic N) is 3. The van der Waals surface area contributed by atoms with Gasteiger partial charge in [-0.1, -0.05) is 29.4 Å². The Morgan fingerprint density at radius 2 is 1.73 bits per heavy atom. The van der Waals surface area contributed by atoms with Gasteiger partial charge < -0.3 is 19.3 Å². The normalized spacial score (nSPS) is 13.7. The minimum absolute atomic E-state index is 0.00304. The van der Waals surface area contributed by atoms with E-state index in [1.165, 1.54) is 32.8 Å². The number of ether oxygens (including phenoxy) is 2. The van der Waals surface area contributed by atoms with Gasteiger partial charge in [-0.25, -0.2) is 8.42 Å². The standard InChI is InChI=1S/C26H25N5O5S/c1-31-20(15-8-9-15)14-25(28-31)27-19-13-21-18(12-22(19)34-2)26(29-36-21)30-37(32,33)24-11-17-7-5-4-6-16(17)10-23(24)35-3/h4-7,10-15H,8-9H2,1-3H3,(H,27,28)(H,29,30). The summed E-state index contributed by atoms with van der Waals surface area (Å²) in [4.78, 5) is -0.00304. The first kappa shape index (κ1) is 23.2. The summed E-state index contributed by atoms with van der Waals surface area (Å²) in [5, 5.41) is 13.9. The number of fused-ring (bicyclic) bond motifs is 2. The third-order valence-electron chi connectivity index (χ3n) is 6.52. The summed E-state index contributed by atoms with van der Waals surface area (Å²) in [5.74, 6) is 2.00. The van der Waals surface area contributed by atoms with Gasteiger partial charge in [-0.3, -0.25) is 9.40 Å². The van der Waals surface area contributed by atoms with Gasteiger partial charge in [0.15, 0.2) is 17.2 Å². The Hall–Kier alpha value is -4.25. The molecule has 37 heavy (non-hydrogen) atoms. The van der Waals surface area contributed by atoms with Gasteiger partial charge in [0, 0.05) is 30.8 Å². The van der Waals surface area contributed by atoms with E-state index in [-0.39, 0.29) is 16.5 Å². The Bertz CT molecular complexity index is 1750. The zero-order chi connectivity index (χ0) is 25.7. The van der Waals surface area contributed by atoms with Crippen LogP contribution in [0.3, 0.4) is 0 Å². The van der Waals surface area contributed by atoms with Crippen LogP contribution in [0.1, 0.15) is 24.5 Å². The molecule has 10 nitrogen and oxygen atoms in total. The van der Waals surface area contributed by atoms with Crippen molar-refractivity contribution >= 4 is 49.1 Å². The maximum atomic E-state index is 13.4. The number of nitrogens with one attached hydrogen (secondary N) is 2. The summed E-state index contributed by atoms with van der Waals surface area (Å²) in [6, 6.07) is 16.1. The molecule has 1 fully saturated rings. The summed E-state index contributed by atoms with van der Waals surface area (Å²) >= 11 is 0. The van der Waals surface area contributed by atoms with Gasteiger partial charge in [0.2, 0.25) is 0 Å². The van der Waals surface area contributed by atoms with Crippen molar-refractivity contribution in [3.8, 4) is 11.5 Å². The van der Waals surface area contributed by atoms with Crippen LogP contribution in [0.25, 0.3) is 21.7 Å². The Morgan fingerprint density at radius 3 is 2.43 bits per heavy atom. The summed E-state index contributed by atoms with van der Waals surface area (Å²) in [7, 11) is 0.844. The van der Waals surface area contributed by atoms with Crippen LogP contribution in [-0.2, 0) is 17.1 Å². The topological polar surface area (TPSA) is 121 Å². The van der Waals surface area contributed by atoms with Crippen molar-refractivity contribution in [1.29, 1.82) is 0 Å². The lowest BCUT2D eigenvalue weighted by atomic mass is 10.1. The van der Waals surface area contributed by atoms with Crippen LogP contribution in [0, 0.1) is 0 Å². The quantitative estimate of drug-likeness (QED) is 0.289. The zero-order valence-corrected chi connectivity index (χ0v) is 21.3. The van der Waals surface area contributed by atoms with E-state index in [0.717, 1.165) is 10.8 Å². The molecule has 0 amide bonds. The monoisotopic (exact) mass is 519 g/mol. The largest absolute Gasteiger partial charge is 0.495 e. The molecule has 2 aromatic heterocycles. The van der Waals surface area contributed by atoms with Crippen molar-refractivity contribution in [2.75, 3.05) is 24.3 Å². The van der Waals surface area contributed by atoms with Crippen molar-refractivity contribution in [3.63, 3.8) is 0 Å². The molecule has 0 unspecified atom stereocenters. The lowest BCUT2D eigenvalue weighted by Crippen LogP contribution is -2.14. The number of sulfonamides is 1. The number of anilines is 3. The molecule has 0 bridgehead atoms. The van der Waals surface area contributed by atoms with Crippen LogP contribution in [0.2, 0.25) is 0 Å².